The largest absolute Gasteiger partial charge is 0.494 e. The number of methoxy groups -OCH3 is 1. The molecule has 1 fully saturated rings. The molecule has 2 aromatic carbocycles. The van der Waals surface area contributed by atoms with Gasteiger partial charge in [-0.25, -0.2) is 13.2 Å². The lowest BCUT2D eigenvalue weighted by Crippen LogP contribution is -2.15. The Hall–Kier alpha value is -2.08. The summed E-state index contributed by atoms with van der Waals surface area (Å²) >= 11 is 0. The molecule has 1 aliphatic rings. The summed E-state index contributed by atoms with van der Waals surface area (Å²) < 4.78 is 67.1. The third-order valence-electron chi connectivity index (χ3n) is 5.56. The van der Waals surface area contributed by atoms with Gasteiger partial charge in [0.2, 0.25) is 5.82 Å². The van der Waals surface area contributed by atoms with Crippen molar-refractivity contribution in [2.45, 2.75) is 51.0 Å². The summed E-state index contributed by atoms with van der Waals surface area (Å²) in [6.07, 6.45) is 2.32. The van der Waals surface area contributed by atoms with Gasteiger partial charge >= 0.3 is 0 Å². The molecule has 0 atom stereocenters. The van der Waals surface area contributed by atoms with Crippen LogP contribution in [0.25, 0.3) is 0 Å². The molecule has 0 aliphatic heterocycles. The first kappa shape index (κ1) is 20.6. The molecule has 0 aromatic heterocycles. The summed E-state index contributed by atoms with van der Waals surface area (Å²) in [6.45, 7) is 2.25. The Bertz CT molecular complexity index is 830. The Morgan fingerprint density at radius 2 is 1.32 bits per heavy atom. The minimum Gasteiger partial charge on any atom is -0.494 e. The average molecular weight is 396 g/mol. The summed E-state index contributed by atoms with van der Waals surface area (Å²) in [6, 6.07) is 6.15. The van der Waals surface area contributed by atoms with Crippen LogP contribution >= 0.6 is 0 Å². The Morgan fingerprint density at radius 3 is 1.86 bits per heavy atom. The van der Waals surface area contributed by atoms with Crippen LogP contribution in [0.15, 0.2) is 24.3 Å². The Morgan fingerprint density at radius 1 is 0.786 bits per heavy atom. The van der Waals surface area contributed by atoms with Crippen molar-refractivity contribution in [3.05, 3.63) is 64.2 Å². The second kappa shape index (κ2) is 8.95. The van der Waals surface area contributed by atoms with E-state index < -0.39 is 23.3 Å². The number of rotatable bonds is 6. The molecule has 1 saturated carbocycles. The molecule has 0 unspecified atom stereocenters. The van der Waals surface area contributed by atoms with E-state index in [-0.39, 0.29) is 29.8 Å². The second-order valence-corrected chi connectivity index (χ2v) is 7.11. The van der Waals surface area contributed by atoms with Gasteiger partial charge in [0.05, 0.1) is 13.7 Å². The minimum atomic E-state index is -0.986. The minimum absolute atomic E-state index is 0.0363. The van der Waals surface area contributed by atoms with E-state index in [0.717, 1.165) is 0 Å². The topological polar surface area (TPSA) is 18.5 Å². The van der Waals surface area contributed by atoms with Gasteiger partial charge < -0.3 is 9.47 Å². The predicted molar refractivity (Wildman–Crippen MR) is 98.5 cm³/mol. The third-order valence-corrected chi connectivity index (χ3v) is 5.56. The highest BCUT2D eigenvalue weighted by molar-refractivity contribution is 5.34. The lowest BCUT2D eigenvalue weighted by Gasteiger charge is -2.30. The summed E-state index contributed by atoms with van der Waals surface area (Å²) in [5.74, 6) is -3.99. The molecule has 28 heavy (non-hydrogen) atoms. The predicted octanol–water partition coefficient (Wildman–Crippen LogP) is 6.23. The zero-order chi connectivity index (χ0) is 20.3. The van der Waals surface area contributed by atoms with Crippen LogP contribution < -0.4 is 4.74 Å². The zero-order valence-corrected chi connectivity index (χ0v) is 16.0. The van der Waals surface area contributed by atoms with Crippen molar-refractivity contribution in [2.24, 2.45) is 0 Å². The van der Waals surface area contributed by atoms with Crippen molar-refractivity contribution in [1.82, 2.24) is 0 Å². The van der Waals surface area contributed by atoms with E-state index >= 15 is 0 Å². The van der Waals surface area contributed by atoms with Crippen LogP contribution in [0.1, 0.15) is 61.1 Å². The van der Waals surface area contributed by atoms with Crippen LogP contribution in [0.2, 0.25) is 0 Å². The zero-order valence-electron chi connectivity index (χ0n) is 16.0. The van der Waals surface area contributed by atoms with Gasteiger partial charge in [-0.2, -0.15) is 4.39 Å². The fraction of sp³-hybridized carbons (Fsp3) is 0.455. The Balaban J connectivity index is 1.72. The van der Waals surface area contributed by atoms with Gasteiger partial charge in [0.1, 0.15) is 0 Å². The molecule has 2 aromatic rings. The van der Waals surface area contributed by atoms with E-state index in [0.29, 0.717) is 43.4 Å². The Labute approximate surface area is 162 Å². The summed E-state index contributed by atoms with van der Waals surface area (Å²) in [4.78, 5) is 0. The molecule has 0 bridgehead atoms. The fourth-order valence-electron chi connectivity index (χ4n) is 3.98. The number of benzene rings is 2. The first-order valence-corrected chi connectivity index (χ1v) is 9.54. The van der Waals surface area contributed by atoms with Crippen molar-refractivity contribution in [3.63, 3.8) is 0 Å². The normalized spacial score (nSPS) is 19.6. The van der Waals surface area contributed by atoms with Crippen LogP contribution in [0.5, 0.6) is 5.75 Å². The van der Waals surface area contributed by atoms with Crippen molar-refractivity contribution in [1.29, 1.82) is 0 Å². The SMILES string of the molecule is CCOCc1ccc(C2CCC(c3ccc(OC)c(F)c3F)CC2)c(F)c1F. The first-order valence-electron chi connectivity index (χ1n) is 9.54. The highest BCUT2D eigenvalue weighted by Crippen LogP contribution is 2.43. The molecular weight excluding hydrogens is 372 g/mol. The Kier molecular flexibility index (Phi) is 6.60. The number of hydrogen-bond donors (Lipinski definition) is 0. The fourth-order valence-corrected chi connectivity index (χ4v) is 3.98. The van der Waals surface area contributed by atoms with Crippen molar-refractivity contribution >= 4 is 0 Å². The molecule has 6 heteroatoms. The molecule has 3 rings (SSSR count). The number of halogens is 4. The van der Waals surface area contributed by atoms with Crippen LogP contribution in [0, 0.1) is 23.3 Å². The molecular formula is C22H24F4O2. The maximum absolute atomic E-state index is 14.5. The monoisotopic (exact) mass is 396 g/mol. The number of hydrogen-bond acceptors (Lipinski definition) is 2. The van der Waals surface area contributed by atoms with E-state index in [9.17, 15) is 17.6 Å². The van der Waals surface area contributed by atoms with Gasteiger partial charge in [0, 0.05) is 12.2 Å². The molecule has 0 spiro atoms. The maximum Gasteiger partial charge on any atom is 0.200 e. The quantitative estimate of drug-likeness (QED) is 0.539. The molecule has 1 aliphatic carbocycles. The maximum atomic E-state index is 14.5. The van der Waals surface area contributed by atoms with Crippen molar-refractivity contribution in [3.8, 4) is 5.75 Å². The molecule has 0 amide bonds. The van der Waals surface area contributed by atoms with E-state index in [4.69, 9.17) is 9.47 Å². The van der Waals surface area contributed by atoms with Crippen molar-refractivity contribution in [2.75, 3.05) is 13.7 Å². The molecule has 2 nitrogen and oxygen atoms in total. The summed E-state index contributed by atoms with van der Waals surface area (Å²) in [5, 5.41) is 0. The van der Waals surface area contributed by atoms with Gasteiger partial charge in [-0.3, -0.25) is 0 Å². The molecule has 152 valence electrons. The van der Waals surface area contributed by atoms with Crippen LogP contribution in [-0.2, 0) is 11.3 Å². The standard InChI is InChI=1S/C22H24F4O2/c1-3-28-12-15-8-9-16(20(24)19(15)23)13-4-6-14(7-5-13)17-10-11-18(27-2)22(26)21(17)25/h8-11,13-14H,3-7,12H2,1-2H3. The first-order chi connectivity index (χ1) is 13.5. The molecule has 0 saturated heterocycles. The molecule has 0 heterocycles. The van der Waals surface area contributed by atoms with E-state index in [1.54, 1.807) is 25.1 Å². The lowest BCUT2D eigenvalue weighted by molar-refractivity contribution is 0.131. The second-order valence-electron chi connectivity index (χ2n) is 7.11. The van der Waals surface area contributed by atoms with Crippen LogP contribution in [0.4, 0.5) is 17.6 Å². The molecule has 0 radical (unpaired) electrons. The van der Waals surface area contributed by atoms with Gasteiger partial charge in [0.25, 0.3) is 0 Å². The summed E-state index contributed by atoms with van der Waals surface area (Å²) in [5.41, 5.74) is 0.862. The van der Waals surface area contributed by atoms with Gasteiger partial charge in [-0.1, -0.05) is 18.2 Å². The van der Waals surface area contributed by atoms with E-state index in [1.807, 2.05) is 0 Å². The molecule has 0 N–H and O–H groups in total. The smallest absolute Gasteiger partial charge is 0.200 e. The third kappa shape index (κ3) is 4.02. The van der Waals surface area contributed by atoms with E-state index in [1.165, 1.54) is 13.2 Å². The van der Waals surface area contributed by atoms with Gasteiger partial charge in [-0.05, 0) is 61.6 Å². The summed E-state index contributed by atoms with van der Waals surface area (Å²) in [7, 11) is 1.29. The van der Waals surface area contributed by atoms with E-state index in [2.05, 4.69) is 0 Å². The van der Waals surface area contributed by atoms with Crippen LogP contribution in [-0.4, -0.2) is 13.7 Å². The van der Waals surface area contributed by atoms with Crippen LogP contribution in [0.3, 0.4) is 0 Å². The lowest BCUT2D eigenvalue weighted by atomic mass is 9.75. The highest BCUT2D eigenvalue weighted by atomic mass is 19.2. The average Bonchev–Trinajstić information content (AvgIpc) is 2.71. The number of ether oxygens (including phenoxy) is 2. The van der Waals surface area contributed by atoms with Gasteiger partial charge in [0.15, 0.2) is 23.2 Å². The van der Waals surface area contributed by atoms with Gasteiger partial charge in [-0.15, -0.1) is 0 Å². The highest BCUT2D eigenvalue weighted by Gasteiger charge is 2.29. The van der Waals surface area contributed by atoms with Crippen molar-refractivity contribution < 1.29 is 27.0 Å².